The molecule has 0 spiro atoms. The van der Waals surface area contributed by atoms with Crippen molar-refractivity contribution in [3.63, 3.8) is 0 Å². The fourth-order valence-corrected chi connectivity index (χ4v) is 2.61. The number of likely N-dealkylation sites (tertiary alicyclic amines) is 1. The van der Waals surface area contributed by atoms with E-state index in [0.717, 1.165) is 18.0 Å². The zero-order chi connectivity index (χ0) is 10.6. The lowest BCUT2D eigenvalue weighted by Gasteiger charge is -2.28. The van der Waals surface area contributed by atoms with Crippen LogP contribution in [0.2, 0.25) is 0 Å². The standard InChI is InChI=1S/C13H27N/c1-11(2)7-5-8-13-9-6-10-14(13)12(3)4/h11-13H,5-10H2,1-4H3. The molecule has 1 heterocycles. The Morgan fingerprint density at radius 1 is 1.21 bits per heavy atom. The van der Waals surface area contributed by atoms with Crippen LogP contribution in [0.15, 0.2) is 0 Å². The minimum atomic E-state index is 0.751. The minimum Gasteiger partial charge on any atom is -0.298 e. The summed E-state index contributed by atoms with van der Waals surface area (Å²) in [5.74, 6) is 0.879. The zero-order valence-electron chi connectivity index (χ0n) is 10.4. The van der Waals surface area contributed by atoms with Crippen LogP contribution in [0.5, 0.6) is 0 Å². The van der Waals surface area contributed by atoms with E-state index in [2.05, 4.69) is 32.6 Å². The summed E-state index contributed by atoms with van der Waals surface area (Å²) in [7, 11) is 0. The van der Waals surface area contributed by atoms with Crippen LogP contribution in [0.25, 0.3) is 0 Å². The highest BCUT2D eigenvalue weighted by molar-refractivity contribution is 4.81. The lowest BCUT2D eigenvalue weighted by molar-refractivity contribution is 0.191. The minimum absolute atomic E-state index is 0.751. The molecule has 1 atom stereocenters. The largest absolute Gasteiger partial charge is 0.298 e. The van der Waals surface area contributed by atoms with E-state index in [0.29, 0.717) is 0 Å². The SMILES string of the molecule is CC(C)CCCC1CCCN1C(C)C. The van der Waals surface area contributed by atoms with Crippen LogP contribution < -0.4 is 0 Å². The molecule has 0 N–H and O–H groups in total. The molecule has 14 heavy (non-hydrogen) atoms. The van der Waals surface area contributed by atoms with Crippen molar-refractivity contribution in [1.82, 2.24) is 4.90 Å². The number of hydrogen-bond donors (Lipinski definition) is 0. The molecule has 1 heteroatoms. The van der Waals surface area contributed by atoms with E-state index in [4.69, 9.17) is 0 Å². The predicted octanol–water partition coefficient (Wildman–Crippen LogP) is 3.69. The molecule has 0 saturated carbocycles. The van der Waals surface area contributed by atoms with Gasteiger partial charge in [-0.1, -0.05) is 26.7 Å². The molecule has 1 unspecified atom stereocenters. The second-order valence-corrected chi connectivity index (χ2v) is 5.45. The third kappa shape index (κ3) is 3.61. The Hall–Kier alpha value is -0.0400. The Morgan fingerprint density at radius 2 is 1.93 bits per heavy atom. The van der Waals surface area contributed by atoms with Crippen molar-refractivity contribution in [2.45, 2.75) is 71.9 Å². The second kappa shape index (κ2) is 5.75. The van der Waals surface area contributed by atoms with E-state index < -0.39 is 0 Å². The first-order valence-corrected chi connectivity index (χ1v) is 6.37. The Labute approximate surface area is 89.9 Å². The molecule has 0 aromatic rings. The molecule has 0 radical (unpaired) electrons. The summed E-state index contributed by atoms with van der Waals surface area (Å²) in [6, 6.07) is 1.65. The number of nitrogens with zero attached hydrogens (tertiary/aromatic N) is 1. The Balaban J connectivity index is 2.22. The fourth-order valence-electron chi connectivity index (χ4n) is 2.61. The average Bonchev–Trinajstić information content (AvgIpc) is 2.51. The summed E-state index contributed by atoms with van der Waals surface area (Å²) in [6.07, 6.45) is 7.12. The Bertz CT molecular complexity index is 151. The van der Waals surface area contributed by atoms with E-state index >= 15 is 0 Å². The summed E-state index contributed by atoms with van der Waals surface area (Å²) < 4.78 is 0. The van der Waals surface area contributed by atoms with E-state index in [9.17, 15) is 0 Å². The molecule has 0 aromatic heterocycles. The van der Waals surface area contributed by atoms with Crippen LogP contribution in [0, 0.1) is 5.92 Å². The van der Waals surface area contributed by atoms with E-state index in [1.54, 1.807) is 0 Å². The molecule has 1 rings (SSSR count). The Morgan fingerprint density at radius 3 is 2.50 bits per heavy atom. The van der Waals surface area contributed by atoms with Crippen molar-refractivity contribution < 1.29 is 0 Å². The maximum Gasteiger partial charge on any atom is 0.00984 e. The molecule has 1 aliphatic heterocycles. The van der Waals surface area contributed by atoms with Gasteiger partial charge in [0.15, 0.2) is 0 Å². The van der Waals surface area contributed by atoms with Crippen LogP contribution in [0.1, 0.15) is 59.8 Å². The third-order valence-corrected chi connectivity index (χ3v) is 3.40. The van der Waals surface area contributed by atoms with Crippen LogP contribution in [-0.4, -0.2) is 23.5 Å². The molecule has 1 nitrogen and oxygen atoms in total. The van der Waals surface area contributed by atoms with E-state index in [-0.39, 0.29) is 0 Å². The molecule has 1 saturated heterocycles. The van der Waals surface area contributed by atoms with Gasteiger partial charge in [0.2, 0.25) is 0 Å². The molecule has 0 bridgehead atoms. The van der Waals surface area contributed by atoms with Crippen molar-refractivity contribution in [2.24, 2.45) is 5.92 Å². The number of rotatable bonds is 5. The molecule has 0 amide bonds. The highest BCUT2D eigenvalue weighted by Gasteiger charge is 2.25. The van der Waals surface area contributed by atoms with E-state index in [1.807, 2.05) is 0 Å². The van der Waals surface area contributed by atoms with Gasteiger partial charge < -0.3 is 0 Å². The van der Waals surface area contributed by atoms with Crippen molar-refractivity contribution >= 4 is 0 Å². The van der Waals surface area contributed by atoms with Gasteiger partial charge in [-0.05, 0) is 45.6 Å². The number of hydrogen-bond acceptors (Lipinski definition) is 1. The maximum absolute atomic E-state index is 2.69. The molecular formula is C13H27N. The zero-order valence-corrected chi connectivity index (χ0v) is 10.4. The second-order valence-electron chi connectivity index (χ2n) is 5.45. The molecule has 1 fully saturated rings. The molecular weight excluding hydrogens is 170 g/mol. The molecule has 1 aliphatic rings. The lowest BCUT2D eigenvalue weighted by Crippen LogP contribution is -2.35. The van der Waals surface area contributed by atoms with Crippen molar-refractivity contribution in [1.29, 1.82) is 0 Å². The van der Waals surface area contributed by atoms with Gasteiger partial charge in [-0.2, -0.15) is 0 Å². The first-order chi connectivity index (χ1) is 6.61. The van der Waals surface area contributed by atoms with Crippen molar-refractivity contribution in [3.8, 4) is 0 Å². The summed E-state index contributed by atoms with van der Waals surface area (Å²) in [6.45, 7) is 10.7. The topological polar surface area (TPSA) is 3.24 Å². The van der Waals surface area contributed by atoms with Crippen LogP contribution >= 0.6 is 0 Å². The highest BCUT2D eigenvalue weighted by Crippen LogP contribution is 2.24. The van der Waals surface area contributed by atoms with Crippen LogP contribution in [0.4, 0.5) is 0 Å². The molecule has 84 valence electrons. The normalized spacial score (nSPS) is 24.0. The smallest absolute Gasteiger partial charge is 0.00984 e. The Kier molecular flexibility index (Phi) is 4.94. The average molecular weight is 197 g/mol. The summed E-state index contributed by atoms with van der Waals surface area (Å²) >= 11 is 0. The summed E-state index contributed by atoms with van der Waals surface area (Å²) in [5.41, 5.74) is 0. The maximum atomic E-state index is 2.69. The van der Waals surface area contributed by atoms with Gasteiger partial charge in [0.05, 0.1) is 0 Å². The van der Waals surface area contributed by atoms with Crippen LogP contribution in [-0.2, 0) is 0 Å². The van der Waals surface area contributed by atoms with Gasteiger partial charge in [-0.3, -0.25) is 4.90 Å². The van der Waals surface area contributed by atoms with Gasteiger partial charge in [-0.15, -0.1) is 0 Å². The fraction of sp³-hybridized carbons (Fsp3) is 1.00. The quantitative estimate of drug-likeness (QED) is 0.650. The first kappa shape index (κ1) is 12.0. The lowest BCUT2D eigenvalue weighted by atomic mass is 10.0. The van der Waals surface area contributed by atoms with Crippen LogP contribution in [0.3, 0.4) is 0 Å². The van der Waals surface area contributed by atoms with Gasteiger partial charge >= 0.3 is 0 Å². The van der Waals surface area contributed by atoms with Crippen molar-refractivity contribution in [3.05, 3.63) is 0 Å². The van der Waals surface area contributed by atoms with Gasteiger partial charge in [-0.25, -0.2) is 0 Å². The summed E-state index contributed by atoms with van der Waals surface area (Å²) in [4.78, 5) is 2.69. The third-order valence-electron chi connectivity index (χ3n) is 3.40. The van der Waals surface area contributed by atoms with Gasteiger partial charge in [0.1, 0.15) is 0 Å². The summed E-state index contributed by atoms with van der Waals surface area (Å²) in [5, 5.41) is 0. The van der Waals surface area contributed by atoms with Crippen molar-refractivity contribution in [2.75, 3.05) is 6.54 Å². The molecule has 0 aromatic carbocycles. The monoisotopic (exact) mass is 197 g/mol. The molecule has 0 aliphatic carbocycles. The van der Waals surface area contributed by atoms with E-state index in [1.165, 1.54) is 38.6 Å². The predicted molar refractivity (Wildman–Crippen MR) is 63.6 cm³/mol. The first-order valence-electron chi connectivity index (χ1n) is 6.37. The van der Waals surface area contributed by atoms with Gasteiger partial charge in [0, 0.05) is 12.1 Å². The highest BCUT2D eigenvalue weighted by atomic mass is 15.2. The van der Waals surface area contributed by atoms with Gasteiger partial charge in [0.25, 0.3) is 0 Å².